The monoisotopic (exact) mass is 357 g/mol. The summed E-state index contributed by atoms with van der Waals surface area (Å²) in [7, 11) is 0. The summed E-state index contributed by atoms with van der Waals surface area (Å²) in [6.07, 6.45) is 0. The first-order valence-electron chi connectivity index (χ1n) is 6.07. The van der Waals surface area contributed by atoms with Gasteiger partial charge in [-0.25, -0.2) is 5.43 Å². The Labute approximate surface area is 139 Å². The summed E-state index contributed by atoms with van der Waals surface area (Å²) in [5, 5.41) is 25.1. The average molecular weight is 358 g/mol. The highest BCUT2D eigenvalue weighted by atomic mass is 35.5. The van der Waals surface area contributed by atoms with Crippen molar-refractivity contribution < 1.29 is 9.72 Å². The van der Waals surface area contributed by atoms with Gasteiger partial charge < -0.3 is 10.1 Å². The number of rotatable bonds is 5. The Morgan fingerprint density at radius 1 is 1.43 bits per heavy atom. The van der Waals surface area contributed by atoms with Crippen LogP contribution in [0.3, 0.4) is 0 Å². The molecule has 120 valence electrons. The molecule has 0 unspecified atom stereocenters. The van der Waals surface area contributed by atoms with Crippen molar-refractivity contribution in [2.75, 3.05) is 0 Å². The topological polar surface area (TPSA) is 128 Å². The summed E-state index contributed by atoms with van der Waals surface area (Å²) < 4.78 is 0. The molecule has 1 aromatic carbocycles. The summed E-state index contributed by atoms with van der Waals surface area (Å²) in [6.45, 7) is 1.62. The van der Waals surface area contributed by atoms with Gasteiger partial charge in [-0.2, -0.15) is 5.10 Å². The molecule has 0 saturated carbocycles. The molecule has 0 aliphatic carbocycles. The molecule has 1 N–H and O–H groups in total. The Balaban J connectivity index is 1.99. The summed E-state index contributed by atoms with van der Waals surface area (Å²) in [5.41, 5.74) is 3.01. The third kappa shape index (κ3) is 4.44. The number of benzene rings is 1. The van der Waals surface area contributed by atoms with Crippen molar-refractivity contribution in [2.24, 2.45) is 5.10 Å². The molecule has 0 spiro atoms. The lowest BCUT2D eigenvalue weighted by molar-refractivity contribution is -0.394. The molecular weight excluding hydrogens is 349 g/mol. The fourth-order valence-corrected chi connectivity index (χ4v) is 1.76. The van der Waals surface area contributed by atoms with Crippen LogP contribution in [0.25, 0.3) is 0 Å². The lowest BCUT2D eigenvalue weighted by Crippen LogP contribution is -2.21. The smallest absolute Gasteiger partial charge is 0.390 e. The van der Waals surface area contributed by atoms with E-state index in [1.807, 2.05) is 0 Å². The minimum Gasteiger partial charge on any atom is -0.390 e. The number of nitro groups is 1. The van der Waals surface area contributed by atoms with Crippen LogP contribution >= 0.6 is 23.2 Å². The Kier molecular flexibility index (Phi) is 5.19. The van der Waals surface area contributed by atoms with E-state index in [-0.39, 0.29) is 17.1 Å². The Morgan fingerprint density at radius 3 is 2.78 bits per heavy atom. The van der Waals surface area contributed by atoms with Crippen molar-refractivity contribution in [3.05, 3.63) is 43.9 Å². The second kappa shape index (κ2) is 7.11. The summed E-state index contributed by atoms with van der Waals surface area (Å²) in [5.74, 6) is -1.10. The number of hydrazone groups is 1. The van der Waals surface area contributed by atoms with Gasteiger partial charge >= 0.3 is 5.95 Å². The molecule has 0 radical (unpaired) electrons. The van der Waals surface area contributed by atoms with Gasteiger partial charge in [0.2, 0.25) is 0 Å². The number of hydrogen-bond acceptors (Lipinski definition) is 7. The lowest BCUT2D eigenvalue weighted by atomic mass is 10.2. The van der Waals surface area contributed by atoms with Gasteiger partial charge in [0.1, 0.15) is 6.54 Å². The predicted molar refractivity (Wildman–Crippen MR) is 81.5 cm³/mol. The molecule has 1 heterocycles. The van der Waals surface area contributed by atoms with Gasteiger partial charge in [-0.1, -0.05) is 28.0 Å². The van der Waals surface area contributed by atoms with Gasteiger partial charge in [0.15, 0.2) is 0 Å². The molecule has 0 fully saturated rings. The molecule has 0 saturated heterocycles. The van der Waals surface area contributed by atoms with Gasteiger partial charge in [-0.3, -0.25) is 4.79 Å². The fraction of sp³-hybridized carbons (Fsp3) is 0.182. The first-order chi connectivity index (χ1) is 10.9. The maximum Gasteiger partial charge on any atom is 0.514 e. The van der Waals surface area contributed by atoms with Crippen molar-refractivity contribution in [2.45, 2.75) is 13.5 Å². The highest BCUT2D eigenvalue weighted by Gasteiger charge is 2.15. The standard InChI is InChI=1S/C11H9Cl2N7O3/c1-6(5-19-17-11(16-18-19)20(22)23)14-15-10(21)7-2-3-8(12)9(13)4-7/h2-4H,5H2,1H3,(H,15,21). The van der Waals surface area contributed by atoms with E-state index >= 15 is 0 Å². The largest absolute Gasteiger partial charge is 0.514 e. The van der Waals surface area contributed by atoms with Crippen LogP contribution in [0, 0.1) is 10.1 Å². The van der Waals surface area contributed by atoms with E-state index in [4.69, 9.17) is 23.2 Å². The zero-order valence-corrected chi connectivity index (χ0v) is 13.1. The van der Waals surface area contributed by atoms with Crippen molar-refractivity contribution in [1.82, 2.24) is 25.6 Å². The van der Waals surface area contributed by atoms with Crippen LogP contribution in [-0.4, -0.2) is 36.7 Å². The van der Waals surface area contributed by atoms with Crippen LogP contribution in [0.15, 0.2) is 23.3 Å². The van der Waals surface area contributed by atoms with Crippen molar-refractivity contribution in [3.63, 3.8) is 0 Å². The normalized spacial score (nSPS) is 11.3. The molecular formula is C11H9Cl2N7O3. The van der Waals surface area contributed by atoms with Gasteiger partial charge in [0.25, 0.3) is 5.91 Å². The number of tetrazole rings is 1. The zero-order chi connectivity index (χ0) is 17.0. The SMILES string of the molecule is CC(Cn1nnc([N+](=O)[O-])n1)=NNC(=O)c1ccc(Cl)c(Cl)c1. The number of carbonyl (C=O) groups is 1. The summed E-state index contributed by atoms with van der Waals surface area (Å²) >= 11 is 11.6. The Hall–Kier alpha value is -2.59. The van der Waals surface area contributed by atoms with Gasteiger partial charge in [0, 0.05) is 10.8 Å². The molecule has 0 aliphatic heterocycles. The first-order valence-corrected chi connectivity index (χ1v) is 6.83. The van der Waals surface area contributed by atoms with Crippen LogP contribution < -0.4 is 5.43 Å². The van der Waals surface area contributed by atoms with E-state index in [0.717, 1.165) is 4.80 Å². The van der Waals surface area contributed by atoms with E-state index in [1.54, 1.807) is 6.92 Å². The predicted octanol–water partition coefficient (Wildman–Crippen LogP) is 1.69. The highest BCUT2D eigenvalue weighted by molar-refractivity contribution is 6.42. The summed E-state index contributed by atoms with van der Waals surface area (Å²) in [6, 6.07) is 4.40. The van der Waals surface area contributed by atoms with Crippen LogP contribution in [0.2, 0.25) is 10.0 Å². The van der Waals surface area contributed by atoms with E-state index in [2.05, 4.69) is 25.9 Å². The molecule has 0 aliphatic rings. The minimum absolute atomic E-state index is 0.0303. The second-order valence-corrected chi connectivity index (χ2v) is 5.11. The fourth-order valence-electron chi connectivity index (χ4n) is 1.46. The summed E-state index contributed by atoms with van der Waals surface area (Å²) in [4.78, 5) is 22.6. The molecule has 1 amide bonds. The van der Waals surface area contributed by atoms with Crippen LogP contribution in [0.4, 0.5) is 5.95 Å². The van der Waals surface area contributed by atoms with Crippen molar-refractivity contribution in [1.29, 1.82) is 0 Å². The van der Waals surface area contributed by atoms with Gasteiger partial charge in [-0.15, -0.1) is 0 Å². The molecule has 10 nitrogen and oxygen atoms in total. The van der Waals surface area contributed by atoms with Gasteiger partial charge in [-0.05, 0) is 30.0 Å². The first kappa shape index (κ1) is 16.8. The van der Waals surface area contributed by atoms with Crippen LogP contribution in [0.5, 0.6) is 0 Å². The van der Waals surface area contributed by atoms with E-state index in [9.17, 15) is 14.9 Å². The van der Waals surface area contributed by atoms with E-state index in [1.165, 1.54) is 18.2 Å². The molecule has 2 rings (SSSR count). The number of halogens is 2. The van der Waals surface area contributed by atoms with Crippen LogP contribution in [-0.2, 0) is 6.54 Å². The van der Waals surface area contributed by atoms with Crippen LogP contribution in [0.1, 0.15) is 17.3 Å². The van der Waals surface area contributed by atoms with E-state index in [0.29, 0.717) is 10.7 Å². The Morgan fingerprint density at radius 2 is 2.17 bits per heavy atom. The third-order valence-electron chi connectivity index (χ3n) is 2.51. The zero-order valence-electron chi connectivity index (χ0n) is 11.6. The maximum atomic E-state index is 11.9. The number of nitrogens with zero attached hydrogens (tertiary/aromatic N) is 6. The highest BCUT2D eigenvalue weighted by Crippen LogP contribution is 2.22. The number of carbonyl (C=O) groups excluding carboxylic acids is 1. The number of aromatic nitrogens is 4. The number of nitrogens with one attached hydrogen (secondary N) is 1. The maximum absolute atomic E-state index is 11.9. The average Bonchev–Trinajstić information content (AvgIpc) is 2.96. The second-order valence-electron chi connectivity index (χ2n) is 4.29. The molecule has 2 aromatic rings. The molecule has 23 heavy (non-hydrogen) atoms. The molecule has 0 atom stereocenters. The lowest BCUT2D eigenvalue weighted by Gasteiger charge is -2.03. The molecule has 12 heteroatoms. The number of amides is 1. The Bertz CT molecular complexity index is 790. The molecule has 1 aromatic heterocycles. The number of hydrogen-bond donors (Lipinski definition) is 1. The minimum atomic E-state index is -0.762. The quantitative estimate of drug-likeness (QED) is 0.492. The van der Waals surface area contributed by atoms with E-state index < -0.39 is 16.8 Å². The molecule has 0 bridgehead atoms. The van der Waals surface area contributed by atoms with Crippen molar-refractivity contribution >= 4 is 40.8 Å². The van der Waals surface area contributed by atoms with Crippen molar-refractivity contribution in [3.8, 4) is 0 Å². The third-order valence-corrected chi connectivity index (χ3v) is 3.24. The van der Waals surface area contributed by atoms with Gasteiger partial charge in [0.05, 0.1) is 26.0 Å².